The number of hydrogen-bond acceptors (Lipinski definition) is 5. The highest BCUT2D eigenvalue weighted by Gasteiger charge is 2.31. The fourth-order valence-corrected chi connectivity index (χ4v) is 5.47. The molecule has 1 aromatic carbocycles. The maximum absolute atomic E-state index is 13.8. The Bertz CT molecular complexity index is 1080. The third-order valence-corrected chi connectivity index (χ3v) is 7.59. The van der Waals surface area contributed by atoms with E-state index in [9.17, 15) is 9.18 Å². The van der Waals surface area contributed by atoms with Gasteiger partial charge in [0.2, 0.25) is 5.91 Å². The van der Waals surface area contributed by atoms with Crippen molar-refractivity contribution in [2.45, 2.75) is 58.9 Å². The molecule has 36 heavy (non-hydrogen) atoms. The average molecular weight is 495 g/mol. The van der Waals surface area contributed by atoms with Crippen LogP contribution in [0.2, 0.25) is 0 Å². The van der Waals surface area contributed by atoms with Crippen LogP contribution in [0.5, 0.6) is 0 Å². The average Bonchev–Trinajstić information content (AvgIpc) is 3.40. The molecule has 8 heteroatoms. The molecule has 1 saturated heterocycles. The molecule has 0 bridgehead atoms. The van der Waals surface area contributed by atoms with Gasteiger partial charge in [-0.05, 0) is 80.5 Å². The van der Waals surface area contributed by atoms with E-state index in [0.717, 1.165) is 38.2 Å². The van der Waals surface area contributed by atoms with Crippen molar-refractivity contribution in [1.29, 1.82) is 0 Å². The highest BCUT2D eigenvalue weighted by Crippen LogP contribution is 2.32. The Kier molecular flexibility index (Phi) is 8.44. The number of nitrogens with two attached hydrogens (primary N) is 1. The van der Waals surface area contributed by atoms with E-state index in [1.807, 2.05) is 22.2 Å². The largest absolute Gasteiger partial charge is 0.382 e. The van der Waals surface area contributed by atoms with E-state index in [4.69, 9.17) is 10.8 Å². The summed E-state index contributed by atoms with van der Waals surface area (Å²) >= 11 is 0. The molecule has 1 saturated carbocycles. The number of amidine groups is 1. The molecule has 0 radical (unpaired) electrons. The minimum atomic E-state index is -0.268. The van der Waals surface area contributed by atoms with Gasteiger partial charge in [-0.15, -0.1) is 0 Å². The highest BCUT2D eigenvalue weighted by atomic mass is 19.1. The van der Waals surface area contributed by atoms with Crippen LogP contribution in [0.1, 0.15) is 55.7 Å². The zero-order valence-electron chi connectivity index (χ0n) is 21.8. The summed E-state index contributed by atoms with van der Waals surface area (Å²) in [5, 5.41) is 6.70. The fourth-order valence-electron chi connectivity index (χ4n) is 5.47. The summed E-state index contributed by atoms with van der Waals surface area (Å²) in [6.45, 7) is 8.93. The molecule has 1 amide bonds. The van der Waals surface area contributed by atoms with Crippen molar-refractivity contribution in [3.8, 4) is 0 Å². The molecule has 1 aliphatic heterocycles. The number of benzene rings is 1. The minimum absolute atomic E-state index is 0.0649. The van der Waals surface area contributed by atoms with E-state index in [-0.39, 0.29) is 24.3 Å². The number of pyridine rings is 1. The molecule has 1 aliphatic carbocycles. The third kappa shape index (κ3) is 6.15. The van der Waals surface area contributed by atoms with Crippen molar-refractivity contribution >= 4 is 17.6 Å². The van der Waals surface area contributed by atoms with Crippen LogP contribution >= 0.6 is 0 Å². The quantitative estimate of drug-likeness (QED) is 0.340. The van der Waals surface area contributed by atoms with Gasteiger partial charge >= 0.3 is 0 Å². The first-order valence-corrected chi connectivity index (χ1v) is 13.2. The van der Waals surface area contributed by atoms with E-state index >= 15 is 0 Å². The van der Waals surface area contributed by atoms with Gasteiger partial charge in [-0.3, -0.25) is 9.80 Å². The van der Waals surface area contributed by atoms with Crippen molar-refractivity contribution in [2.75, 3.05) is 37.6 Å². The Morgan fingerprint density at radius 3 is 2.53 bits per heavy atom. The molecule has 194 valence electrons. The van der Waals surface area contributed by atoms with Gasteiger partial charge in [0.1, 0.15) is 18.2 Å². The lowest BCUT2D eigenvalue weighted by molar-refractivity contribution is -0.133. The molecule has 2 heterocycles. The van der Waals surface area contributed by atoms with Crippen LogP contribution in [0.25, 0.3) is 0 Å². The summed E-state index contributed by atoms with van der Waals surface area (Å²) in [5.41, 5.74) is 8.78. The number of amides is 1. The predicted octanol–water partition coefficient (Wildman–Crippen LogP) is 4.08. The molecule has 2 fully saturated rings. The summed E-state index contributed by atoms with van der Waals surface area (Å²) in [6, 6.07) is 9.00. The van der Waals surface area contributed by atoms with Gasteiger partial charge in [0, 0.05) is 37.9 Å². The van der Waals surface area contributed by atoms with Gasteiger partial charge in [-0.25, -0.2) is 9.37 Å². The van der Waals surface area contributed by atoms with Crippen LogP contribution in [0, 0.1) is 25.6 Å². The number of hydrazone groups is 1. The number of carbonyl (C=O) groups is 1. The third-order valence-electron chi connectivity index (χ3n) is 7.59. The maximum atomic E-state index is 13.8. The van der Waals surface area contributed by atoms with Crippen LogP contribution in [-0.4, -0.2) is 65.4 Å². The van der Waals surface area contributed by atoms with Gasteiger partial charge in [0.15, 0.2) is 5.84 Å². The number of hydrogen-bond donors (Lipinski definition) is 1. The second kappa shape index (κ2) is 11.7. The van der Waals surface area contributed by atoms with E-state index < -0.39 is 0 Å². The highest BCUT2D eigenvalue weighted by molar-refractivity contribution is 5.97. The molecule has 2 N–H and O–H groups in total. The summed E-state index contributed by atoms with van der Waals surface area (Å²) < 4.78 is 13.8. The Morgan fingerprint density at radius 2 is 1.89 bits per heavy atom. The molecule has 1 aromatic heterocycles. The zero-order chi connectivity index (χ0) is 25.7. The van der Waals surface area contributed by atoms with E-state index in [0.29, 0.717) is 36.0 Å². The molecule has 1 atom stereocenters. The Morgan fingerprint density at radius 1 is 1.17 bits per heavy atom. The second-order valence-electron chi connectivity index (χ2n) is 10.1. The fraction of sp³-hybridized carbons (Fsp3) is 0.536. The van der Waals surface area contributed by atoms with E-state index in [1.165, 1.54) is 24.5 Å². The van der Waals surface area contributed by atoms with Gasteiger partial charge in [-0.2, -0.15) is 5.10 Å². The smallest absolute Gasteiger partial charge is 0.243 e. The SMILES string of the molecule is CCC(C1CCCC1)N(CC(=O)N1CCN(c2cc(C)ccn2)CC1)/N=C(\N)c1ccc(F)c(C)c1. The molecule has 1 unspecified atom stereocenters. The first-order chi connectivity index (χ1) is 17.4. The van der Waals surface area contributed by atoms with Crippen LogP contribution in [0.15, 0.2) is 41.6 Å². The monoisotopic (exact) mass is 494 g/mol. The molecule has 4 rings (SSSR count). The lowest BCUT2D eigenvalue weighted by atomic mass is 9.95. The molecule has 2 aliphatic rings. The standard InChI is InChI=1S/C28H39FN6O/c1-4-25(22-7-5-6-8-22)35(32-28(30)23-9-10-24(29)21(3)18-23)19-27(36)34-15-13-33(14-16-34)26-17-20(2)11-12-31-26/h9-12,17-18,22,25H,4-8,13-16,19H2,1-3H3,(H2,30,32). The lowest BCUT2D eigenvalue weighted by Crippen LogP contribution is -2.52. The summed E-state index contributed by atoms with van der Waals surface area (Å²) in [6.07, 6.45) is 7.46. The topological polar surface area (TPSA) is 78.1 Å². The molecule has 0 spiro atoms. The summed E-state index contributed by atoms with van der Waals surface area (Å²) in [7, 11) is 0. The summed E-state index contributed by atoms with van der Waals surface area (Å²) in [4.78, 5) is 22.1. The van der Waals surface area contributed by atoms with Gasteiger partial charge in [-0.1, -0.05) is 19.8 Å². The number of rotatable bonds is 8. The Labute approximate surface area is 214 Å². The van der Waals surface area contributed by atoms with Crippen molar-refractivity contribution in [1.82, 2.24) is 14.9 Å². The number of carbonyl (C=O) groups excluding carboxylic acids is 1. The molecule has 7 nitrogen and oxygen atoms in total. The Balaban J connectivity index is 1.48. The normalized spacial score (nSPS) is 17.9. The number of aromatic nitrogens is 1. The van der Waals surface area contributed by atoms with E-state index in [2.05, 4.69) is 29.8 Å². The van der Waals surface area contributed by atoms with Crippen molar-refractivity contribution in [3.63, 3.8) is 0 Å². The van der Waals surface area contributed by atoms with Crippen LogP contribution < -0.4 is 10.6 Å². The van der Waals surface area contributed by atoms with E-state index in [1.54, 1.807) is 19.1 Å². The van der Waals surface area contributed by atoms with Gasteiger partial charge in [0.25, 0.3) is 0 Å². The Hall–Kier alpha value is -3.16. The first-order valence-electron chi connectivity index (χ1n) is 13.2. The lowest BCUT2D eigenvalue weighted by Gasteiger charge is -2.38. The van der Waals surface area contributed by atoms with Gasteiger partial charge in [0.05, 0.1) is 6.04 Å². The number of piperazine rings is 1. The molecular formula is C28H39FN6O. The maximum Gasteiger partial charge on any atom is 0.243 e. The predicted molar refractivity (Wildman–Crippen MR) is 142 cm³/mol. The van der Waals surface area contributed by atoms with Gasteiger partial charge < -0.3 is 15.5 Å². The van der Waals surface area contributed by atoms with Crippen molar-refractivity contribution in [2.24, 2.45) is 16.8 Å². The van der Waals surface area contributed by atoms with Crippen LogP contribution in [0.4, 0.5) is 10.2 Å². The van der Waals surface area contributed by atoms with Crippen LogP contribution in [0.3, 0.4) is 0 Å². The zero-order valence-corrected chi connectivity index (χ0v) is 21.8. The number of halogens is 1. The molecular weight excluding hydrogens is 455 g/mol. The number of anilines is 1. The van der Waals surface area contributed by atoms with Crippen LogP contribution in [-0.2, 0) is 4.79 Å². The van der Waals surface area contributed by atoms with Crippen molar-refractivity contribution in [3.05, 3.63) is 59.0 Å². The minimum Gasteiger partial charge on any atom is -0.382 e. The number of nitrogens with zero attached hydrogens (tertiary/aromatic N) is 5. The number of aryl methyl sites for hydroxylation is 2. The second-order valence-corrected chi connectivity index (χ2v) is 10.1. The van der Waals surface area contributed by atoms with Crippen molar-refractivity contribution < 1.29 is 9.18 Å². The summed E-state index contributed by atoms with van der Waals surface area (Å²) in [5.74, 6) is 1.57. The first kappa shape index (κ1) is 25.9. The molecule has 2 aromatic rings.